The normalized spacial score (nSPS) is 23.3. The summed E-state index contributed by atoms with van der Waals surface area (Å²) in [5.74, 6) is -0.610. The van der Waals surface area contributed by atoms with Crippen LogP contribution in [-0.2, 0) is 9.59 Å². The van der Waals surface area contributed by atoms with E-state index in [9.17, 15) is 14.4 Å². The van der Waals surface area contributed by atoms with Crippen molar-refractivity contribution in [2.24, 2.45) is 4.99 Å². The number of carbonyl (C=O) groups excluding carboxylic acids is 3. The van der Waals surface area contributed by atoms with Crippen molar-refractivity contribution in [1.82, 2.24) is 14.7 Å². The molecular weight excluding hydrogens is 298 g/mol. The van der Waals surface area contributed by atoms with E-state index in [1.165, 1.54) is 18.3 Å². The van der Waals surface area contributed by atoms with Crippen molar-refractivity contribution in [3.63, 3.8) is 0 Å². The van der Waals surface area contributed by atoms with Gasteiger partial charge in [-0.3, -0.25) is 14.5 Å². The maximum Gasteiger partial charge on any atom is 0.328 e. The van der Waals surface area contributed by atoms with Gasteiger partial charge in [0.2, 0.25) is 5.91 Å². The minimum absolute atomic E-state index is 0.0127. The van der Waals surface area contributed by atoms with E-state index in [0.29, 0.717) is 5.69 Å². The summed E-state index contributed by atoms with van der Waals surface area (Å²) >= 11 is 0. The lowest BCUT2D eigenvalue weighted by Gasteiger charge is -2.39. The number of aliphatic imine (C=N–C) groups is 1. The fraction of sp³-hybridized carbons (Fsp3) is 0.333. The van der Waals surface area contributed by atoms with Crippen molar-refractivity contribution in [1.29, 1.82) is 0 Å². The maximum absolute atomic E-state index is 12.3. The van der Waals surface area contributed by atoms with E-state index < -0.39 is 18.2 Å². The number of hydrogen-bond donors (Lipinski definition) is 1. The highest BCUT2D eigenvalue weighted by Gasteiger charge is 2.48. The van der Waals surface area contributed by atoms with Crippen molar-refractivity contribution in [2.75, 3.05) is 26.0 Å². The molecule has 1 saturated heterocycles. The average molecular weight is 315 g/mol. The zero-order chi connectivity index (χ0) is 16.6. The number of urea groups is 1. The Morgan fingerprint density at radius 1 is 1.22 bits per heavy atom. The molecule has 0 bridgehead atoms. The van der Waals surface area contributed by atoms with Crippen molar-refractivity contribution in [3.05, 3.63) is 30.3 Å². The quantitative estimate of drug-likeness (QED) is 0.863. The highest BCUT2D eigenvalue weighted by molar-refractivity contribution is 6.02. The largest absolute Gasteiger partial charge is 0.338 e. The molecule has 0 aromatic heterocycles. The van der Waals surface area contributed by atoms with Crippen LogP contribution in [0.5, 0.6) is 0 Å². The Morgan fingerprint density at radius 2 is 1.91 bits per heavy atom. The standard InChI is InChI=1S/C15H17N5O3/c1-18-13-12(14(22)19(2)15(18)23)20(9-16-13)8-11(21)17-10-6-4-3-5-7-10/h3-7,9,12-13H,8H2,1-2H3,(H,17,21). The summed E-state index contributed by atoms with van der Waals surface area (Å²) in [5.41, 5.74) is 0.685. The number of nitrogens with one attached hydrogen (secondary N) is 1. The van der Waals surface area contributed by atoms with E-state index in [4.69, 9.17) is 0 Å². The molecule has 0 radical (unpaired) electrons. The molecule has 1 aromatic rings. The monoisotopic (exact) mass is 315 g/mol. The lowest BCUT2D eigenvalue weighted by atomic mass is 10.1. The van der Waals surface area contributed by atoms with Crippen LogP contribution in [0.25, 0.3) is 0 Å². The number of hydrogen-bond acceptors (Lipinski definition) is 5. The number of amides is 4. The van der Waals surface area contributed by atoms with Gasteiger partial charge in [-0.25, -0.2) is 9.79 Å². The van der Waals surface area contributed by atoms with Crippen molar-refractivity contribution < 1.29 is 14.4 Å². The number of rotatable bonds is 3. The second-order valence-electron chi connectivity index (χ2n) is 5.50. The lowest BCUT2D eigenvalue weighted by molar-refractivity contribution is -0.136. The van der Waals surface area contributed by atoms with Gasteiger partial charge in [0.05, 0.1) is 12.9 Å². The van der Waals surface area contributed by atoms with Crippen molar-refractivity contribution >= 4 is 29.9 Å². The zero-order valence-corrected chi connectivity index (χ0v) is 12.8. The molecule has 1 fully saturated rings. The van der Waals surface area contributed by atoms with E-state index in [1.54, 1.807) is 24.1 Å². The van der Waals surface area contributed by atoms with E-state index in [-0.39, 0.29) is 18.4 Å². The Bertz CT molecular complexity index is 675. The Kier molecular flexibility index (Phi) is 3.73. The number of likely N-dealkylation sites (N-methyl/N-ethyl adjacent to an activating group) is 2. The number of imide groups is 1. The Morgan fingerprint density at radius 3 is 2.61 bits per heavy atom. The molecule has 23 heavy (non-hydrogen) atoms. The summed E-state index contributed by atoms with van der Waals surface area (Å²) in [6.07, 6.45) is 0.872. The zero-order valence-electron chi connectivity index (χ0n) is 12.8. The molecule has 2 unspecified atom stereocenters. The second kappa shape index (κ2) is 5.71. The van der Waals surface area contributed by atoms with Gasteiger partial charge in [0.15, 0.2) is 12.2 Å². The fourth-order valence-corrected chi connectivity index (χ4v) is 2.73. The van der Waals surface area contributed by atoms with Crippen LogP contribution >= 0.6 is 0 Å². The first-order chi connectivity index (χ1) is 11.0. The third kappa shape index (κ3) is 2.63. The molecule has 0 aliphatic carbocycles. The first-order valence-electron chi connectivity index (χ1n) is 7.17. The van der Waals surface area contributed by atoms with Crippen molar-refractivity contribution in [3.8, 4) is 0 Å². The number of benzene rings is 1. The van der Waals surface area contributed by atoms with Gasteiger partial charge in [0, 0.05) is 19.8 Å². The fourth-order valence-electron chi connectivity index (χ4n) is 2.73. The van der Waals surface area contributed by atoms with Crippen LogP contribution in [0.1, 0.15) is 0 Å². The molecular formula is C15H17N5O3. The molecule has 2 atom stereocenters. The van der Waals surface area contributed by atoms with Crippen LogP contribution in [-0.4, -0.2) is 71.7 Å². The van der Waals surface area contributed by atoms with Gasteiger partial charge in [0.1, 0.15) is 0 Å². The predicted molar refractivity (Wildman–Crippen MR) is 83.8 cm³/mol. The summed E-state index contributed by atoms with van der Waals surface area (Å²) in [6.45, 7) is -0.0127. The smallest absolute Gasteiger partial charge is 0.328 e. The van der Waals surface area contributed by atoms with Crippen LogP contribution in [0.2, 0.25) is 0 Å². The van der Waals surface area contributed by atoms with Gasteiger partial charge >= 0.3 is 6.03 Å². The molecule has 2 aliphatic heterocycles. The SMILES string of the molecule is CN1C(=O)C2C(N=CN2CC(=O)Nc2ccccc2)N(C)C1=O. The first kappa shape index (κ1) is 15.0. The van der Waals surface area contributed by atoms with Crippen LogP contribution in [0.3, 0.4) is 0 Å². The minimum Gasteiger partial charge on any atom is -0.338 e. The summed E-state index contributed by atoms with van der Waals surface area (Å²) in [5, 5.41) is 2.76. The molecule has 120 valence electrons. The van der Waals surface area contributed by atoms with E-state index >= 15 is 0 Å². The van der Waals surface area contributed by atoms with Gasteiger partial charge in [0.25, 0.3) is 5.91 Å². The van der Waals surface area contributed by atoms with Crippen LogP contribution in [0.15, 0.2) is 35.3 Å². The highest BCUT2D eigenvalue weighted by atomic mass is 16.2. The average Bonchev–Trinajstić information content (AvgIpc) is 2.95. The molecule has 3 rings (SSSR count). The maximum atomic E-state index is 12.3. The number of carbonyl (C=O) groups is 3. The molecule has 1 N–H and O–H groups in total. The molecule has 8 nitrogen and oxygen atoms in total. The predicted octanol–water partition coefficient (Wildman–Crippen LogP) is 0.187. The Labute approximate surface area is 133 Å². The number of para-hydroxylation sites is 1. The number of fused-ring (bicyclic) bond motifs is 1. The first-order valence-corrected chi connectivity index (χ1v) is 7.17. The highest BCUT2D eigenvalue weighted by Crippen LogP contribution is 2.24. The summed E-state index contributed by atoms with van der Waals surface area (Å²) < 4.78 is 0. The van der Waals surface area contributed by atoms with Crippen LogP contribution in [0, 0.1) is 0 Å². The molecule has 2 heterocycles. The summed E-state index contributed by atoms with van der Waals surface area (Å²) in [4.78, 5) is 44.6. The van der Waals surface area contributed by atoms with E-state index in [0.717, 1.165) is 4.90 Å². The molecule has 2 aliphatic rings. The molecule has 0 spiro atoms. The second-order valence-corrected chi connectivity index (χ2v) is 5.50. The van der Waals surface area contributed by atoms with Gasteiger partial charge in [-0.1, -0.05) is 18.2 Å². The summed E-state index contributed by atoms with van der Waals surface area (Å²) in [7, 11) is 3.02. The van der Waals surface area contributed by atoms with E-state index in [1.807, 2.05) is 18.2 Å². The van der Waals surface area contributed by atoms with Gasteiger partial charge in [-0.05, 0) is 12.1 Å². The van der Waals surface area contributed by atoms with Crippen LogP contribution in [0.4, 0.5) is 10.5 Å². The van der Waals surface area contributed by atoms with Gasteiger partial charge in [-0.2, -0.15) is 0 Å². The van der Waals surface area contributed by atoms with Crippen LogP contribution < -0.4 is 5.32 Å². The third-order valence-corrected chi connectivity index (χ3v) is 3.96. The lowest BCUT2D eigenvalue weighted by Crippen LogP contribution is -2.64. The Balaban J connectivity index is 1.70. The Hall–Kier alpha value is -2.90. The van der Waals surface area contributed by atoms with Gasteiger partial charge < -0.3 is 15.1 Å². The topological polar surface area (TPSA) is 85.3 Å². The molecule has 4 amide bonds. The third-order valence-electron chi connectivity index (χ3n) is 3.96. The molecule has 8 heteroatoms. The van der Waals surface area contributed by atoms with Gasteiger partial charge in [-0.15, -0.1) is 0 Å². The molecule has 1 aromatic carbocycles. The number of nitrogens with zero attached hydrogens (tertiary/aromatic N) is 4. The molecule has 0 saturated carbocycles. The van der Waals surface area contributed by atoms with E-state index in [2.05, 4.69) is 10.3 Å². The number of anilines is 1. The summed E-state index contributed by atoms with van der Waals surface area (Å²) in [6, 6.07) is 8.01. The van der Waals surface area contributed by atoms with Crippen molar-refractivity contribution in [2.45, 2.75) is 12.2 Å². The minimum atomic E-state index is -0.663.